The normalized spacial score (nSPS) is 10.6. The maximum atomic E-state index is 12.0. The van der Waals surface area contributed by atoms with Crippen LogP contribution in [0.1, 0.15) is 37.6 Å². The summed E-state index contributed by atoms with van der Waals surface area (Å²) in [5.74, 6) is 1.38. The van der Waals surface area contributed by atoms with Gasteiger partial charge in [0, 0.05) is 0 Å². The van der Waals surface area contributed by atoms with Crippen molar-refractivity contribution < 1.29 is 9.53 Å². The largest absolute Gasteiger partial charge is 0.493 e. The number of Topliss-reactive ketones (excluding diaryl/α,β-unsaturated/α-hetero) is 1. The Labute approximate surface area is 108 Å². The number of carbonyl (C=O) groups excluding carboxylic acids is 1. The second kappa shape index (κ2) is 7.38. The first-order chi connectivity index (χ1) is 8.15. The average Bonchev–Trinajstić information content (AvgIpc) is 2.33. The Bertz CT molecular complexity index is 361. The highest BCUT2D eigenvalue weighted by molar-refractivity contribution is 8.00. The second-order valence-corrected chi connectivity index (χ2v) is 5.69. The lowest BCUT2D eigenvalue weighted by atomic mass is 10.1. The smallest absolute Gasteiger partial charge is 0.176 e. The van der Waals surface area contributed by atoms with E-state index in [0.29, 0.717) is 28.9 Å². The Kier molecular flexibility index (Phi) is 6.12. The van der Waals surface area contributed by atoms with Gasteiger partial charge in [-0.2, -0.15) is 11.8 Å². The molecule has 0 aliphatic heterocycles. The summed E-state index contributed by atoms with van der Waals surface area (Å²) in [6.45, 7) is 6.90. The highest BCUT2D eigenvalue weighted by Crippen LogP contribution is 2.21. The predicted molar refractivity (Wildman–Crippen MR) is 74.2 cm³/mol. The minimum atomic E-state index is 0.149. The van der Waals surface area contributed by atoms with Crippen LogP contribution in [-0.4, -0.2) is 23.4 Å². The Morgan fingerprint density at radius 3 is 2.71 bits per heavy atom. The van der Waals surface area contributed by atoms with E-state index in [1.165, 1.54) is 0 Å². The van der Waals surface area contributed by atoms with Crippen LogP contribution in [0.4, 0.5) is 0 Å². The molecule has 0 bridgehead atoms. The van der Waals surface area contributed by atoms with Crippen molar-refractivity contribution in [2.24, 2.45) is 0 Å². The van der Waals surface area contributed by atoms with Crippen LogP contribution in [0.15, 0.2) is 24.3 Å². The zero-order valence-corrected chi connectivity index (χ0v) is 11.5. The van der Waals surface area contributed by atoms with Crippen LogP contribution in [-0.2, 0) is 0 Å². The van der Waals surface area contributed by atoms with E-state index in [2.05, 4.69) is 20.8 Å². The van der Waals surface area contributed by atoms with Crippen LogP contribution in [0, 0.1) is 0 Å². The number of thioether (sulfide) groups is 1. The summed E-state index contributed by atoms with van der Waals surface area (Å²) in [5, 5.41) is 0.475. The molecule has 0 N–H and O–H groups in total. The van der Waals surface area contributed by atoms with Gasteiger partial charge in [0.2, 0.25) is 0 Å². The number of ketones is 1. The third kappa shape index (κ3) is 4.82. The van der Waals surface area contributed by atoms with Crippen LogP contribution in [0.5, 0.6) is 5.75 Å². The number of hydrogen-bond donors (Lipinski definition) is 0. The summed E-state index contributed by atoms with van der Waals surface area (Å²) in [4.78, 5) is 12.0. The minimum Gasteiger partial charge on any atom is -0.493 e. The Balaban J connectivity index is 2.70. The molecule has 0 spiro atoms. The summed E-state index contributed by atoms with van der Waals surface area (Å²) < 4.78 is 5.58. The first-order valence-electron chi connectivity index (χ1n) is 6.01. The van der Waals surface area contributed by atoms with E-state index in [1.807, 2.05) is 24.3 Å². The van der Waals surface area contributed by atoms with E-state index in [9.17, 15) is 4.79 Å². The molecule has 1 rings (SSSR count). The predicted octanol–water partition coefficient (Wildman–Crippen LogP) is 3.80. The standard InChI is InChI=1S/C14H20O2S/c1-4-9-16-14-8-6-5-7-12(14)13(15)10-17-11(2)3/h5-8,11H,4,9-10H2,1-3H3. The number of para-hydroxylation sites is 1. The van der Waals surface area contributed by atoms with Crippen molar-refractivity contribution in [3.8, 4) is 5.75 Å². The zero-order valence-electron chi connectivity index (χ0n) is 10.7. The Hall–Kier alpha value is -0.960. The van der Waals surface area contributed by atoms with Crippen LogP contribution < -0.4 is 4.74 Å². The fourth-order valence-corrected chi connectivity index (χ4v) is 2.00. The number of carbonyl (C=O) groups is 1. The number of benzene rings is 1. The molecule has 3 heteroatoms. The van der Waals surface area contributed by atoms with Gasteiger partial charge in [-0.1, -0.05) is 32.9 Å². The molecule has 0 amide bonds. The first kappa shape index (κ1) is 14.1. The molecule has 0 radical (unpaired) electrons. The minimum absolute atomic E-state index is 0.149. The van der Waals surface area contributed by atoms with Gasteiger partial charge in [-0.25, -0.2) is 0 Å². The van der Waals surface area contributed by atoms with Gasteiger partial charge in [-0.3, -0.25) is 4.79 Å². The first-order valence-corrected chi connectivity index (χ1v) is 7.06. The van der Waals surface area contributed by atoms with Gasteiger partial charge in [-0.05, 0) is 23.8 Å². The summed E-state index contributed by atoms with van der Waals surface area (Å²) in [7, 11) is 0. The second-order valence-electron chi connectivity index (χ2n) is 4.13. The van der Waals surface area contributed by atoms with Crippen LogP contribution in [0.25, 0.3) is 0 Å². The molecule has 2 nitrogen and oxygen atoms in total. The zero-order chi connectivity index (χ0) is 12.7. The monoisotopic (exact) mass is 252 g/mol. The maximum Gasteiger partial charge on any atom is 0.176 e. The lowest BCUT2D eigenvalue weighted by Gasteiger charge is -2.10. The third-order valence-corrected chi connectivity index (χ3v) is 3.29. The van der Waals surface area contributed by atoms with Gasteiger partial charge in [-0.15, -0.1) is 0 Å². The highest BCUT2D eigenvalue weighted by Gasteiger charge is 2.12. The number of rotatable bonds is 7. The Morgan fingerprint density at radius 2 is 2.06 bits per heavy atom. The van der Waals surface area contributed by atoms with Crippen molar-refractivity contribution in [2.75, 3.05) is 12.4 Å². The SMILES string of the molecule is CCCOc1ccccc1C(=O)CSC(C)C. The van der Waals surface area contributed by atoms with Gasteiger partial charge in [0.25, 0.3) is 0 Å². The summed E-state index contributed by atoms with van der Waals surface area (Å²) in [5.41, 5.74) is 0.703. The average molecular weight is 252 g/mol. The summed E-state index contributed by atoms with van der Waals surface area (Å²) in [6.07, 6.45) is 0.948. The van der Waals surface area contributed by atoms with Crippen molar-refractivity contribution in [1.29, 1.82) is 0 Å². The lowest BCUT2D eigenvalue weighted by Crippen LogP contribution is -2.08. The van der Waals surface area contributed by atoms with E-state index in [4.69, 9.17) is 4.74 Å². The molecule has 17 heavy (non-hydrogen) atoms. The van der Waals surface area contributed by atoms with Gasteiger partial charge in [0.15, 0.2) is 5.78 Å². The summed E-state index contributed by atoms with van der Waals surface area (Å²) in [6, 6.07) is 7.49. The van der Waals surface area contributed by atoms with Crippen molar-refractivity contribution in [2.45, 2.75) is 32.4 Å². The van der Waals surface area contributed by atoms with Crippen molar-refractivity contribution in [1.82, 2.24) is 0 Å². The lowest BCUT2D eigenvalue weighted by molar-refractivity contribution is 0.101. The molecular weight excluding hydrogens is 232 g/mol. The fourth-order valence-electron chi connectivity index (χ4n) is 1.35. The van der Waals surface area contributed by atoms with Crippen molar-refractivity contribution >= 4 is 17.5 Å². The van der Waals surface area contributed by atoms with Crippen molar-refractivity contribution in [3.63, 3.8) is 0 Å². The molecule has 0 atom stereocenters. The number of ether oxygens (including phenoxy) is 1. The van der Waals surface area contributed by atoms with Gasteiger partial charge in [0.1, 0.15) is 5.75 Å². The van der Waals surface area contributed by atoms with Gasteiger partial charge in [0.05, 0.1) is 17.9 Å². The third-order valence-electron chi connectivity index (χ3n) is 2.20. The molecule has 0 heterocycles. The van der Waals surface area contributed by atoms with E-state index in [0.717, 1.165) is 6.42 Å². The molecule has 0 unspecified atom stereocenters. The molecule has 0 saturated carbocycles. The molecule has 0 fully saturated rings. The fraction of sp³-hybridized carbons (Fsp3) is 0.500. The molecule has 0 aliphatic carbocycles. The van der Waals surface area contributed by atoms with E-state index in [-0.39, 0.29) is 5.78 Å². The molecular formula is C14H20O2S. The summed E-state index contributed by atoms with van der Waals surface area (Å²) >= 11 is 1.66. The number of hydrogen-bond acceptors (Lipinski definition) is 3. The van der Waals surface area contributed by atoms with E-state index >= 15 is 0 Å². The molecule has 1 aromatic rings. The quantitative estimate of drug-likeness (QED) is 0.690. The molecule has 94 valence electrons. The molecule has 0 saturated heterocycles. The Morgan fingerprint density at radius 1 is 1.35 bits per heavy atom. The van der Waals surface area contributed by atoms with Crippen molar-refractivity contribution in [3.05, 3.63) is 29.8 Å². The molecule has 0 aliphatic rings. The van der Waals surface area contributed by atoms with Gasteiger partial charge < -0.3 is 4.74 Å². The van der Waals surface area contributed by atoms with Crippen LogP contribution >= 0.6 is 11.8 Å². The maximum absolute atomic E-state index is 12.0. The van der Waals surface area contributed by atoms with Gasteiger partial charge >= 0.3 is 0 Å². The van der Waals surface area contributed by atoms with E-state index < -0.39 is 0 Å². The van der Waals surface area contributed by atoms with Crippen LogP contribution in [0.3, 0.4) is 0 Å². The van der Waals surface area contributed by atoms with Crippen LogP contribution in [0.2, 0.25) is 0 Å². The van der Waals surface area contributed by atoms with E-state index in [1.54, 1.807) is 11.8 Å². The molecule has 1 aromatic carbocycles. The highest BCUT2D eigenvalue weighted by atomic mass is 32.2. The topological polar surface area (TPSA) is 26.3 Å². The molecule has 0 aromatic heterocycles.